The minimum Gasteiger partial charge on any atom is -0.423 e. The first kappa shape index (κ1) is 41.5. The Hall–Kier alpha value is -7.22. The first-order valence-corrected chi connectivity index (χ1v) is 21.3. The molecule has 6 heteroatoms. The minimum absolute atomic E-state index is 0.554. The number of hydrogen-bond donors (Lipinski definition) is 2. The Labute approximate surface area is 372 Å². The number of para-hydroxylation sites is 4. The molecular formula is C56H44BBrN2O2. The number of anilines is 6. The maximum atomic E-state index is 9.08. The molecule has 10 aromatic carbocycles. The molecule has 0 saturated carbocycles. The molecule has 300 valence electrons. The van der Waals surface area contributed by atoms with E-state index in [1.54, 1.807) is 6.07 Å². The fourth-order valence-corrected chi connectivity index (χ4v) is 7.80. The van der Waals surface area contributed by atoms with Crippen LogP contribution in [0.25, 0.3) is 32.7 Å². The molecule has 0 amide bonds. The van der Waals surface area contributed by atoms with Crippen LogP contribution in [0.15, 0.2) is 259 Å². The van der Waals surface area contributed by atoms with E-state index in [0.29, 0.717) is 5.46 Å². The molecule has 10 rings (SSSR count). The smallest absolute Gasteiger partial charge is 0.423 e. The molecule has 4 nitrogen and oxygen atoms in total. The number of nitrogens with zero attached hydrogens (tertiary/aromatic N) is 2. The third kappa shape index (κ3) is 10.0. The van der Waals surface area contributed by atoms with Gasteiger partial charge in [-0.15, -0.1) is 0 Å². The molecule has 0 aromatic heterocycles. The highest BCUT2D eigenvalue weighted by molar-refractivity contribution is 9.10. The third-order valence-corrected chi connectivity index (χ3v) is 11.0. The first-order chi connectivity index (χ1) is 30.5. The zero-order valence-electron chi connectivity index (χ0n) is 34.0. The van der Waals surface area contributed by atoms with Crippen molar-refractivity contribution in [2.45, 2.75) is 0 Å². The van der Waals surface area contributed by atoms with Gasteiger partial charge in [-0.1, -0.05) is 186 Å². The van der Waals surface area contributed by atoms with Gasteiger partial charge in [0.25, 0.3) is 0 Å². The molecule has 0 aliphatic heterocycles. The highest BCUT2D eigenvalue weighted by Crippen LogP contribution is 2.37. The largest absolute Gasteiger partial charge is 0.489 e. The fourth-order valence-electron chi connectivity index (χ4n) is 7.54. The summed E-state index contributed by atoms with van der Waals surface area (Å²) in [6, 6.07) is 87.2. The van der Waals surface area contributed by atoms with E-state index in [1.807, 2.05) is 48.5 Å². The van der Waals surface area contributed by atoms with Gasteiger partial charge in [-0.25, -0.2) is 0 Å². The molecule has 2 N–H and O–H groups in total. The van der Waals surface area contributed by atoms with Crippen LogP contribution in [0.5, 0.6) is 0 Å². The first-order valence-electron chi connectivity index (χ1n) is 20.5. The SMILES string of the molecule is Brc1ccc(N(c2ccccc2)c2ccccc2)cc1.OB(O)c1cccc2ccccc12.c1ccc(N(c2ccccc2)c2ccc(-c3cccc4ccccc34)cc2)cc1. The van der Waals surface area contributed by atoms with Crippen LogP contribution >= 0.6 is 15.9 Å². The lowest BCUT2D eigenvalue weighted by molar-refractivity contribution is 0.426. The van der Waals surface area contributed by atoms with E-state index in [4.69, 9.17) is 10.0 Å². The fraction of sp³-hybridized carbons (Fsp3) is 0. The quantitative estimate of drug-likeness (QED) is 0.149. The number of benzene rings is 10. The summed E-state index contributed by atoms with van der Waals surface area (Å²) in [5, 5.41) is 22.6. The van der Waals surface area contributed by atoms with Crippen molar-refractivity contribution in [1.29, 1.82) is 0 Å². The molecule has 62 heavy (non-hydrogen) atoms. The van der Waals surface area contributed by atoms with Crippen LogP contribution in [0.4, 0.5) is 34.1 Å². The van der Waals surface area contributed by atoms with E-state index >= 15 is 0 Å². The number of halogens is 1. The minimum atomic E-state index is -1.40. The Morgan fingerprint density at radius 2 is 0.645 bits per heavy atom. The summed E-state index contributed by atoms with van der Waals surface area (Å²) in [6.07, 6.45) is 0. The molecule has 0 unspecified atom stereocenters. The van der Waals surface area contributed by atoms with Crippen molar-refractivity contribution in [3.05, 3.63) is 259 Å². The van der Waals surface area contributed by atoms with Crippen molar-refractivity contribution in [3.63, 3.8) is 0 Å². The van der Waals surface area contributed by atoms with Crippen LogP contribution in [-0.2, 0) is 0 Å². The van der Waals surface area contributed by atoms with E-state index in [2.05, 4.69) is 226 Å². The molecule has 0 aliphatic rings. The molecule has 0 spiro atoms. The normalized spacial score (nSPS) is 10.5. The van der Waals surface area contributed by atoms with Gasteiger partial charge in [0.1, 0.15) is 0 Å². The zero-order chi connectivity index (χ0) is 42.5. The van der Waals surface area contributed by atoms with Crippen molar-refractivity contribution in [3.8, 4) is 11.1 Å². The van der Waals surface area contributed by atoms with Crippen molar-refractivity contribution in [1.82, 2.24) is 0 Å². The molecule has 0 fully saturated rings. The van der Waals surface area contributed by atoms with Gasteiger partial charge in [0.15, 0.2) is 0 Å². The van der Waals surface area contributed by atoms with E-state index in [0.717, 1.165) is 49.4 Å². The molecule has 10 aromatic rings. The molecule has 0 aliphatic carbocycles. The average molecular weight is 868 g/mol. The molecule has 0 bridgehead atoms. The van der Waals surface area contributed by atoms with Crippen molar-refractivity contribution >= 4 is 84.2 Å². The number of rotatable bonds is 8. The lowest BCUT2D eigenvalue weighted by Crippen LogP contribution is -2.30. The number of hydrogen-bond acceptors (Lipinski definition) is 4. The second-order valence-corrected chi connectivity index (χ2v) is 15.4. The molecule has 0 atom stereocenters. The third-order valence-electron chi connectivity index (χ3n) is 10.5. The van der Waals surface area contributed by atoms with Gasteiger partial charge >= 0.3 is 7.12 Å². The standard InChI is InChI=1S/C28H21N.C18H14BrN.C10H9BO2/c1-3-12-24(13-4-1)29(25-14-5-2-6-15-25)26-20-18-23(19-21-26)28-17-9-11-22-10-7-8-16-27(22)28;19-15-11-13-18(14-12-15)20(16-7-3-1-4-8-16)17-9-5-2-6-10-17;12-11(13)10-7-3-5-8-4-1-2-6-9(8)10/h1-21H;1-14H;1-7,12-13H. The predicted octanol–water partition coefficient (Wildman–Crippen LogP) is 14.4. The molecule has 0 saturated heterocycles. The maximum Gasteiger partial charge on any atom is 0.489 e. The summed E-state index contributed by atoms with van der Waals surface area (Å²) in [6.45, 7) is 0. The number of fused-ring (bicyclic) bond motifs is 2. The van der Waals surface area contributed by atoms with E-state index in [1.165, 1.54) is 21.9 Å². The second-order valence-electron chi connectivity index (χ2n) is 14.5. The predicted molar refractivity (Wildman–Crippen MR) is 267 cm³/mol. The lowest BCUT2D eigenvalue weighted by Gasteiger charge is -2.25. The monoisotopic (exact) mass is 866 g/mol. The Morgan fingerprint density at radius 3 is 1.10 bits per heavy atom. The summed E-state index contributed by atoms with van der Waals surface area (Å²) in [5.41, 5.74) is 9.94. The van der Waals surface area contributed by atoms with Crippen LogP contribution in [-0.4, -0.2) is 17.2 Å². The van der Waals surface area contributed by atoms with Crippen LogP contribution in [0.1, 0.15) is 0 Å². The van der Waals surface area contributed by atoms with Gasteiger partial charge in [-0.3, -0.25) is 0 Å². The summed E-state index contributed by atoms with van der Waals surface area (Å²) in [4.78, 5) is 4.53. The molecule has 0 radical (unpaired) electrons. The van der Waals surface area contributed by atoms with Crippen LogP contribution in [0.2, 0.25) is 0 Å². The van der Waals surface area contributed by atoms with Gasteiger partial charge in [-0.05, 0) is 123 Å². The van der Waals surface area contributed by atoms with Crippen molar-refractivity contribution < 1.29 is 10.0 Å². The maximum absolute atomic E-state index is 9.08. The van der Waals surface area contributed by atoms with Gasteiger partial charge in [0.05, 0.1) is 0 Å². The van der Waals surface area contributed by atoms with Gasteiger partial charge in [-0.2, -0.15) is 0 Å². The van der Waals surface area contributed by atoms with Crippen molar-refractivity contribution in [2.24, 2.45) is 0 Å². The van der Waals surface area contributed by atoms with Gasteiger partial charge < -0.3 is 19.8 Å². The summed E-state index contributed by atoms with van der Waals surface area (Å²) in [7, 11) is -1.40. The summed E-state index contributed by atoms with van der Waals surface area (Å²) >= 11 is 3.49. The second kappa shape index (κ2) is 20.4. The Morgan fingerprint density at radius 1 is 0.306 bits per heavy atom. The highest BCUT2D eigenvalue weighted by Gasteiger charge is 2.15. The van der Waals surface area contributed by atoms with E-state index in [9.17, 15) is 0 Å². The lowest BCUT2D eigenvalue weighted by atomic mass is 9.77. The van der Waals surface area contributed by atoms with Gasteiger partial charge in [0.2, 0.25) is 0 Å². The highest BCUT2D eigenvalue weighted by atomic mass is 79.9. The zero-order valence-corrected chi connectivity index (χ0v) is 35.6. The van der Waals surface area contributed by atoms with Crippen molar-refractivity contribution in [2.75, 3.05) is 9.80 Å². The van der Waals surface area contributed by atoms with E-state index in [-0.39, 0.29) is 0 Å². The summed E-state index contributed by atoms with van der Waals surface area (Å²) in [5.74, 6) is 0. The van der Waals surface area contributed by atoms with E-state index < -0.39 is 7.12 Å². The Balaban J connectivity index is 0.000000139. The van der Waals surface area contributed by atoms with Crippen LogP contribution in [0, 0.1) is 0 Å². The molecule has 0 heterocycles. The Kier molecular flexibility index (Phi) is 13.6. The van der Waals surface area contributed by atoms with Crippen LogP contribution < -0.4 is 15.3 Å². The molecular weight excluding hydrogens is 823 g/mol. The Bertz CT molecular complexity index is 2850. The summed E-state index contributed by atoms with van der Waals surface area (Å²) < 4.78 is 1.09. The van der Waals surface area contributed by atoms with Gasteiger partial charge in [0, 0.05) is 38.6 Å². The van der Waals surface area contributed by atoms with Crippen LogP contribution in [0.3, 0.4) is 0 Å². The topological polar surface area (TPSA) is 46.9 Å². The average Bonchev–Trinajstić information content (AvgIpc) is 3.34.